The second-order valence-corrected chi connectivity index (χ2v) is 6.77. The van der Waals surface area contributed by atoms with Gasteiger partial charge in [-0.15, -0.1) is 0 Å². The van der Waals surface area contributed by atoms with Crippen molar-refractivity contribution < 1.29 is 19.5 Å². The van der Waals surface area contributed by atoms with Crippen LogP contribution in [0.3, 0.4) is 0 Å². The zero-order chi connectivity index (χ0) is 18.1. The molecule has 2 unspecified atom stereocenters. The summed E-state index contributed by atoms with van der Waals surface area (Å²) >= 11 is 0. The van der Waals surface area contributed by atoms with Crippen molar-refractivity contribution in [3.63, 3.8) is 0 Å². The number of hydrogen-bond acceptors (Lipinski definition) is 3. The molecule has 0 amide bonds. The summed E-state index contributed by atoms with van der Waals surface area (Å²) in [5.74, 6) is 0.0103. The Hall–Kier alpha value is -2.23. The van der Waals surface area contributed by atoms with E-state index in [1.807, 2.05) is 18.2 Å². The molecule has 1 saturated carbocycles. The van der Waals surface area contributed by atoms with Gasteiger partial charge in [0.15, 0.2) is 0 Å². The SMILES string of the molecule is O=Cc1ccc(/C=C/C2CCC(=O)C2CCCCCCC(=O)O)cc1. The zero-order valence-electron chi connectivity index (χ0n) is 14.5. The van der Waals surface area contributed by atoms with E-state index in [9.17, 15) is 14.4 Å². The maximum absolute atomic E-state index is 12.1. The molecule has 134 valence electrons. The van der Waals surface area contributed by atoms with Crippen LogP contribution in [0.2, 0.25) is 0 Å². The van der Waals surface area contributed by atoms with Gasteiger partial charge in [-0.3, -0.25) is 14.4 Å². The summed E-state index contributed by atoms with van der Waals surface area (Å²) in [7, 11) is 0. The van der Waals surface area contributed by atoms with E-state index in [2.05, 4.69) is 6.08 Å². The van der Waals surface area contributed by atoms with Crippen LogP contribution in [-0.2, 0) is 9.59 Å². The van der Waals surface area contributed by atoms with E-state index in [4.69, 9.17) is 5.11 Å². The van der Waals surface area contributed by atoms with Crippen LogP contribution in [0.15, 0.2) is 30.3 Å². The molecular formula is C21H26O4. The molecule has 0 radical (unpaired) electrons. The minimum Gasteiger partial charge on any atom is -0.481 e. The van der Waals surface area contributed by atoms with Gasteiger partial charge in [0.1, 0.15) is 12.1 Å². The molecular weight excluding hydrogens is 316 g/mol. The van der Waals surface area contributed by atoms with Crippen molar-refractivity contribution in [2.45, 2.75) is 51.4 Å². The van der Waals surface area contributed by atoms with Gasteiger partial charge in [-0.2, -0.15) is 0 Å². The molecule has 0 bridgehead atoms. The van der Waals surface area contributed by atoms with Crippen LogP contribution in [0.25, 0.3) is 6.08 Å². The second-order valence-electron chi connectivity index (χ2n) is 6.77. The minimum absolute atomic E-state index is 0.102. The quantitative estimate of drug-likeness (QED) is 0.501. The Morgan fingerprint density at radius 1 is 1.08 bits per heavy atom. The Bertz CT molecular complexity index is 615. The molecule has 2 rings (SSSR count). The van der Waals surface area contributed by atoms with Crippen molar-refractivity contribution in [3.05, 3.63) is 41.5 Å². The summed E-state index contributed by atoms with van der Waals surface area (Å²) in [5, 5.41) is 8.62. The van der Waals surface area contributed by atoms with Crippen LogP contribution in [-0.4, -0.2) is 23.1 Å². The third-order valence-electron chi connectivity index (χ3n) is 4.92. The van der Waals surface area contributed by atoms with Crippen LogP contribution in [0, 0.1) is 11.8 Å². The van der Waals surface area contributed by atoms with E-state index >= 15 is 0 Å². The van der Waals surface area contributed by atoms with Crippen LogP contribution >= 0.6 is 0 Å². The molecule has 4 nitrogen and oxygen atoms in total. The number of carboxylic acids is 1. The number of allylic oxidation sites excluding steroid dienone is 1. The van der Waals surface area contributed by atoms with Gasteiger partial charge >= 0.3 is 5.97 Å². The first-order valence-corrected chi connectivity index (χ1v) is 9.08. The molecule has 0 aliphatic heterocycles. The third-order valence-corrected chi connectivity index (χ3v) is 4.92. The highest BCUT2D eigenvalue weighted by atomic mass is 16.4. The van der Waals surface area contributed by atoms with E-state index in [1.54, 1.807) is 12.1 Å². The number of unbranched alkanes of at least 4 members (excludes halogenated alkanes) is 3. The van der Waals surface area contributed by atoms with Gasteiger partial charge < -0.3 is 5.11 Å². The van der Waals surface area contributed by atoms with Crippen LogP contribution < -0.4 is 0 Å². The molecule has 2 atom stereocenters. The van der Waals surface area contributed by atoms with Crippen molar-refractivity contribution in [2.24, 2.45) is 11.8 Å². The van der Waals surface area contributed by atoms with Crippen LogP contribution in [0.4, 0.5) is 0 Å². The van der Waals surface area contributed by atoms with Crippen LogP contribution in [0.5, 0.6) is 0 Å². The van der Waals surface area contributed by atoms with Crippen molar-refractivity contribution in [2.75, 3.05) is 0 Å². The Morgan fingerprint density at radius 2 is 1.76 bits per heavy atom. The van der Waals surface area contributed by atoms with E-state index in [-0.39, 0.29) is 18.3 Å². The van der Waals surface area contributed by atoms with Crippen molar-refractivity contribution in [1.82, 2.24) is 0 Å². The van der Waals surface area contributed by atoms with Gasteiger partial charge in [0.25, 0.3) is 0 Å². The van der Waals surface area contributed by atoms with Gasteiger partial charge in [0.2, 0.25) is 0 Å². The number of ketones is 1. The topological polar surface area (TPSA) is 71.4 Å². The number of carbonyl (C=O) groups is 3. The lowest BCUT2D eigenvalue weighted by molar-refractivity contribution is -0.137. The van der Waals surface area contributed by atoms with Crippen molar-refractivity contribution in [3.8, 4) is 0 Å². The molecule has 25 heavy (non-hydrogen) atoms. The lowest BCUT2D eigenvalue weighted by Gasteiger charge is -2.14. The summed E-state index contributed by atoms with van der Waals surface area (Å²) in [6, 6.07) is 7.41. The van der Waals surface area contributed by atoms with E-state index in [1.165, 1.54) is 0 Å². The molecule has 0 saturated heterocycles. The number of carbonyl (C=O) groups excluding carboxylic acids is 2. The molecule has 1 aliphatic rings. The summed E-state index contributed by atoms with van der Waals surface area (Å²) in [5.41, 5.74) is 1.70. The molecule has 1 N–H and O–H groups in total. The monoisotopic (exact) mass is 342 g/mol. The standard InChI is InChI=1S/C21H26O4/c22-15-17-9-7-16(8-10-17)11-12-18-13-14-20(23)19(18)5-3-1-2-4-6-21(24)25/h7-12,15,18-19H,1-6,13-14H2,(H,24,25)/b12-11+. The first-order valence-electron chi connectivity index (χ1n) is 9.08. The predicted molar refractivity (Wildman–Crippen MR) is 97.4 cm³/mol. The first-order chi connectivity index (χ1) is 12.1. The molecule has 0 spiro atoms. The minimum atomic E-state index is -0.739. The van der Waals surface area contributed by atoms with Gasteiger partial charge in [-0.05, 0) is 30.7 Å². The van der Waals surface area contributed by atoms with E-state index < -0.39 is 5.97 Å². The average Bonchev–Trinajstić information content (AvgIpc) is 2.96. The normalized spacial score (nSPS) is 20.2. The highest BCUT2D eigenvalue weighted by Gasteiger charge is 2.32. The summed E-state index contributed by atoms with van der Waals surface area (Å²) < 4.78 is 0. The average molecular weight is 342 g/mol. The molecule has 4 heteroatoms. The highest BCUT2D eigenvalue weighted by molar-refractivity contribution is 5.84. The number of hydrogen-bond donors (Lipinski definition) is 1. The fraction of sp³-hybridized carbons (Fsp3) is 0.476. The zero-order valence-corrected chi connectivity index (χ0v) is 14.5. The Morgan fingerprint density at radius 3 is 2.44 bits per heavy atom. The Balaban J connectivity index is 1.80. The maximum atomic E-state index is 12.1. The van der Waals surface area contributed by atoms with Gasteiger partial charge in [0, 0.05) is 24.3 Å². The van der Waals surface area contributed by atoms with Crippen molar-refractivity contribution >= 4 is 24.1 Å². The molecule has 0 aromatic heterocycles. The predicted octanol–water partition coefficient (Wildman–Crippen LogP) is 4.53. The van der Waals surface area contributed by atoms with E-state index in [0.717, 1.165) is 44.0 Å². The molecule has 1 aromatic rings. The lowest BCUT2D eigenvalue weighted by Crippen LogP contribution is -2.13. The summed E-state index contributed by atoms with van der Waals surface area (Å²) in [4.78, 5) is 33.3. The van der Waals surface area contributed by atoms with Crippen molar-refractivity contribution in [1.29, 1.82) is 0 Å². The second kappa shape index (κ2) is 9.92. The Kier molecular flexibility index (Phi) is 7.58. The molecule has 0 heterocycles. The summed E-state index contributed by atoms with van der Waals surface area (Å²) in [6.45, 7) is 0. The number of carboxylic acid groups (broad SMARTS) is 1. The number of aliphatic carboxylic acids is 1. The number of Topliss-reactive ketones (excluding diaryl/α,β-unsaturated/α-hetero) is 1. The smallest absolute Gasteiger partial charge is 0.303 e. The number of aldehydes is 1. The highest BCUT2D eigenvalue weighted by Crippen LogP contribution is 2.34. The van der Waals surface area contributed by atoms with Gasteiger partial charge in [-0.25, -0.2) is 0 Å². The van der Waals surface area contributed by atoms with Gasteiger partial charge in [-0.1, -0.05) is 55.7 Å². The first kappa shape index (κ1) is 19.1. The fourth-order valence-electron chi connectivity index (χ4n) is 3.45. The molecule has 1 fully saturated rings. The molecule has 1 aliphatic carbocycles. The summed E-state index contributed by atoms with van der Waals surface area (Å²) in [6.07, 6.45) is 11.3. The fourth-order valence-corrected chi connectivity index (χ4v) is 3.45. The largest absolute Gasteiger partial charge is 0.481 e. The van der Waals surface area contributed by atoms with Crippen LogP contribution in [0.1, 0.15) is 67.3 Å². The van der Waals surface area contributed by atoms with E-state index in [0.29, 0.717) is 24.2 Å². The van der Waals surface area contributed by atoms with Gasteiger partial charge in [0.05, 0.1) is 0 Å². The maximum Gasteiger partial charge on any atom is 0.303 e. The third kappa shape index (κ3) is 6.29. The molecule has 1 aromatic carbocycles. The number of rotatable bonds is 10. The Labute approximate surface area is 148 Å². The number of benzene rings is 1. The lowest BCUT2D eigenvalue weighted by atomic mass is 9.89.